The zero-order valence-electron chi connectivity index (χ0n) is 26.0. The molecule has 0 N–H and O–H groups in total. The minimum Gasteiger partial charge on any atom is -0.370 e. The molecule has 1 saturated heterocycles. The molecule has 1 aromatic rings. The van der Waals surface area contributed by atoms with Gasteiger partial charge in [0.15, 0.2) is 0 Å². The lowest BCUT2D eigenvalue weighted by atomic mass is 9.71. The van der Waals surface area contributed by atoms with E-state index in [1.807, 2.05) is 12.1 Å². The predicted octanol–water partition coefficient (Wildman–Crippen LogP) is 8.21. The summed E-state index contributed by atoms with van der Waals surface area (Å²) in [5.41, 5.74) is 5.40. The molecule has 0 aromatic heterocycles. The molecule has 1 aliphatic heterocycles. The van der Waals surface area contributed by atoms with Crippen LogP contribution in [0.1, 0.15) is 94.0 Å². The normalized spacial score (nSPS) is 19.0. The van der Waals surface area contributed by atoms with Crippen molar-refractivity contribution in [2.24, 2.45) is 11.3 Å². The van der Waals surface area contributed by atoms with Gasteiger partial charge >= 0.3 is 0 Å². The number of carbonyl (C=O) groups is 1. The number of rotatable bonds is 17. The standard InChI is InChI=1S/C34H54ClN3O.C2H2/c1-4-6-22-38(33-26-31(29-39)13-14-32(33)27-34(3)16-8-7-9-17-34)25-24-36(21-11-18-35)23-15-30-12-10-20-37(28-30)19-5-2;1-2/h4,11,13-14,18,26,29-30H,1,5-10,12,15-17,19-25,27-28H2,2-3H3;1-2H/b18-11+;. The van der Waals surface area contributed by atoms with E-state index in [2.05, 4.69) is 66.2 Å². The number of anilines is 1. The van der Waals surface area contributed by atoms with Crippen LogP contribution in [0.5, 0.6) is 0 Å². The van der Waals surface area contributed by atoms with E-state index in [4.69, 9.17) is 11.6 Å². The maximum atomic E-state index is 11.8. The lowest BCUT2D eigenvalue weighted by molar-refractivity contribution is 0.112. The van der Waals surface area contributed by atoms with Crippen LogP contribution in [0.2, 0.25) is 0 Å². The van der Waals surface area contributed by atoms with E-state index >= 15 is 0 Å². The number of aldehydes is 1. The van der Waals surface area contributed by atoms with Crippen molar-refractivity contribution in [2.45, 2.75) is 84.5 Å². The molecule has 2 fully saturated rings. The largest absolute Gasteiger partial charge is 0.370 e. The fourth-order valence-corrected chi connectivity index (χ4v) is 6.84. The van der Waals surface area contributed by atoms with Crippen molar-refractivity contribution in [2.75, 3.05) is 57.3 Å². The van der Waals surface area contributed by atoms with Crippen LogP contribution >= 0.6 is 11.6 Å². The number of hydrogen-bond donors (Lipinski definition) is 0. The second-order valence-electron chi connectivity index (χ2n) is 12.4. The summed E-state index contributed by atoms with van der Waals surface area (Å²) in [6, 6.07) is 6.36. The third kappa shape index (κ3) is 12.4. The Morgan fingerprint density at radius 2 is 1.90 bits per heavy atom. The fraction of sp³-hybridized carbons (Fsp3) is 0.639. The summed E-state index contributed by atoms with van der Waals surface area (Å²) in [5.74, 6) is 0.789. The van der Waals surface area contributed by atoms with Crippen molar-refractivity contribution >= 4 is 23.6 Å². The topological polar surface area (TPSA) is 26.8 Å². The molecular formula is C36H56ClN3O. The van der Waals surface area contributed by atoms with Gasteiger partial charge in [-0.15, -0.1) is 19.4 Å². The molecular weight excluding hydrogens is 526 g/mol. The van der Waals surface area contributed by atoms with Crippen molar-refractivity contribution in [3.8, 4) is 12.8 Å². The van der Waals surface area contributed by atoms with Crippen molar-refractivity contribution in [3.05, 3.63) is 53.6 Å². The van der Waals surface area contributed by atoms with Gasteiger partial charge in [-0.2, -0.15) is 0 Å². The van der Waals surface area contributed by atoms with E-state index in [-0.39, 0.29) is 0 Å². The van der Waals surface area contributed by atoms with E-state index in [0.29, 0.717) is 5.41 Å². The number of benzene rings is 1. The van der Waals surface area contributed by atoms with Crippen molar-refractivity contribution in [1.29, 1.82) is 0 Å². The van der Waals surface area contributed by atoms with Gasteiger partial charge in [-0.3, -0.25) is 9.69 Å². The van der Waals surface area contributed by atoms with Crippen LogP contribution in [0.4, 0.5) is 5.69 Å². The Kier molecular flexibility index (Phi) is 17.1. The Morgan fingerprint density at radius 1 is 1.12 bits per heavy atom. The van der Waals surface area contributed by atoms with Crippen LogP contribution in [0, 0.1) is 24.2 Å². The Balaban J connectivity index is 0.00000287. The average Bonchev–Trinajstić information content (AvgIpc) is 3.00. The minimum absolute atomic E-state index is 0.350. The van der Waals surface area contributed by atoms with E-state index < -0.39 is 0 Å². The van der Waals surface area contributed by atoms with Gasteiger partial charge in [0, 0.05) is 49.5 Å². The van der Waals surface area contributed by atoms with Gasteiger partial charge in [-0.05, 0) is 94.0 Å². The first-order chi connectivity index (χ1) is 20.0. The van der Waals surface area contributed by atoms with Crippen LogP contribution in [-0.4, -0.2) is 68.4 Å². The molecule has 1 atom stereocenters. The molecule has 2 aliphatic rings. The second-order valence-corrected chi connectivity index (χ2v) is 12.6. The summed E-state index contributed by atoms with van der Waals surface area (Å²) >= 11 is 5.97. The SMILES string of the molecule is C#C.C=CCCN(CCN(C/C=C/Cl)CCC1CCCN(CCC)C1)c1cc(C=O)ccc1CC1(C)CCCCC1. The zero-order chi connectivity index (χ0) is 29.9. The Morgan fingerprint density at radius 3 is 2.59 bits per heavy atom. The highest BCUT2D eigenvalue weighted by atomic mass is 35.5. The van der Waals surface area contributed by atoms with Crippen LogP contribution in [0.25, 0.3) is 0 Å². The number of carbonyl (C=O) groups excluding carboxylic acids is 1. The first kappa shape index (κ1) is 35.1. The monoisotopic (exact) mass is 581 g/mol. The van der Waals surface area contributed by atoms with Gasteiger partial charge in [0.05, 0.1) is 0 Å². The highest BCUT2D eigenvalue weighted by Crippen LogP contribution is 2.40. The maximum absolute atomic E-state index is 11.8. The van der Waals surface area contributed by atoms with Gasteiger partial charge in [0.1, 0.15) is 6.29 Å². The van der Waals surface area contributed by atoms with E-state index in [9.17, 15) is 4.79 Å². The van der Waals surface area contributed by atoms with Gasteiger partial charge in [0.2, 0.25) is 0 Å². The molecule has 1 saturated carbocycles. The molecule has 0 bridgehead atoms. The average molecular weight is 582 g/mol. The summed E-state index contributed by atoms with van der Waals surface area (Å²) < 4.78 is 0. The fourth-order valence-electron chi connectivity index (χ4n) is 6.76. The number of hydrogen-bond acceptors (Lipinski definition) is 4. The number of piperidine rings is 1. The van der Waals surface area contributed by atoms with Gasteiger partial charge in [0.25, 0.3) is 0 Å². The summed E-state index contributed by atoms with van der Waals surface area (Å²) in [6.45, 7) is 17.3. The molecule has 1 aromatic carbocycles. The summed E-state index contributed by atoms with van der Waals surface area (Å²) in [6.07, 6.45) is 26.9. The minimum atomic E-state index is 0.350. The first-order valence-corrected chi connectivity index (χ1v) is 16.4. The van der Waals surface area contributed by atoms with Gasteiger partial charge in [-0.25, -0.2) is 0 Å². The molecule has 228 valence electrons. The number of nitrogens with zero attached hydrogens (tertiary/aromatic N) is 3. The first-order valence-electron chi connectivity index (χ1n) is 16.0. The van der Waals surface area contributed by atoms with Gasteiger partial charge in [-0.1, -0.05) is 69.0 Å². The summed E-state index contributed by atoms with van der Waals surface area (Å²) in [5, 5.41) is 0. The lowest BCUT2D eigenvalue weighted by Crippen LogP contribution is -2.40. The van der Waals surface area contributed by atoms with Gasteiger partial charge < -0.3 is 9.80 Å². The maximum Gasteiger partial charge on any atom is 0.150 e. The molecule has 1 aliphatic carbocycles. The highest BCUT2D eigenvalue weighted by molar-refractivity contribution is 6.25. The molecule has 1 unspecified atom stereocenters. The quantitative estimate of drug-likeness (QED) is 0.105. The molecule has 0 spiro atoms. The number of halogens is 1. The van der Waals surface area contributed by atoms with Crippen molar-refractivity contribution in [1.82, 2.24) is 9.80 Å². The van der Waals surface area contributed by atoms with E-state index in [1.54, 1.807) is 5.54 Å². The molecule has 3 rings (SSSR count). The molecule has 41 heavy (non-hydrogen) atoms. The number of likely N-dealkylation sites (tertiary alicyclic amines) is 1. The van der Waals surface area contributed by atoms with Crippen LogP contribution in [0.15, 0.2) is 42.5 Å². The smallest absolute Gasteiger partial charge is 0.150 e. The molecule has 0 radical (unpaired) electrons. The lowest BCUT2D eigenvalue weighted by Gasteiger charge is -2.36. The van der Waals surface area contributed by atoms with E-state index in [1.165, 1.54) is 88.7 Å². The van der Waals surface area contributed by atoms with Crippen LogP contribution in [-0.2, 0) is 6.42 Å². The van der Waals surface area contributed by atoms with E-state index in [0.717, 1.165) is 63.3 Å². The number of terminal acetylenes is 1. The third-order valence-corrected chi connectivity index (χ3v) is 9.18. The van der Waals surface area contributed by atoms with Crippen LogP contribution < -0.4 is 4.90 Å². The highest BCUT2D eigenvalue weighted by Gasteiger charge is 2.29. The van der Waals surface area contributed by atoms with Crippen LogP contribution in [0.3, 0.4) is 0 Å². The predicted molar refractivity (Wildman–Crippen MR) is 179 cm³/mol. The molecule has 1 heterocycles. The second kappa shape index (κ2) is 20.0. The van der Waals surface area contributed by atoms with Crippen molar-refractivity contribution < 1.29 is 4.79 Å². The molecule has 0 amide bonds. The van der Waals surface area contributed by atoms with Crippen molar-refractivity contribution in [3.63, 3.8) is 0 Å². The zero-order valence-corrected chi connectivity index (χ0v) is 26.8. The summed E-state index contributed by atoms with van der Waals surface area (Å²) in [7, 11) is 0. The Labute approximate surface area is 257 Å². The molecule has 5 heteroatoms. The Bertz CT molecular complexity index is 934. The Hall–Kier alpha value is -2.06. The molecule has 4 nitrogen and oxygen atoms in total. The third-order valence-electron chi connectivity index (χ3n) is 9.00. The summed E-state index contributed by atoms with van der Waals surface area (Å²) in [4.78, 5) is 19.5.